The van der Waals surface area contributed by atoms with Crippen molar-refractivity contribution in [1.82, 2.24) is 34.8 Å². The maximum Gasteiger partial charge on any atom is 0.373 e. The fraction of sp³-hybridized carbons (Fsp3) is 0.367. The van der Waals surface area contributed by atoms with Crippen LogP contribution in [0.5, 0.6) is 0 Å². The van der Waals surface area contributed by atoms with Gasteiger partial charge in [0.1, 0.15) is 5.69 Å². The first-order valence-corrected chi connectivity index (χ1v) is 13.8. The highest BCUT2D eigenvalue weighted by Gasteiger charge is 2.21. The highest BCUT2D eigenvalue weighted by Crippen LogP contribution is 2.27. The molecular formula is C30H31N9O3. The van der Waals surface area contributed by atoms with Crippen LogP contribution in [0, 0.1) is 11.3 Å². The van der Waals surface area contributed by atoms with Gasteiger partial charge in [-0.05, 0) is 69.7 Å². The van der Waals surface area contributed by atoms with Gasteiger partial charge in [-0.2, -0.15) is 14.9 Å². The second-order valence-electron chi connectivity index (χ2n) is 10.4. The van der Waals surface area contributed by atoms with Gasteiger partial charge < -0.3 is 15.0 Å². The first-order chi connectivity index (χ1) is 20.5. The molecule has 2 aliphatic rings. The number of aromatic nitrogens is 6. The van der Waals surface area contributed by atoms with Crippen LogP contribution in [-0.2, 0) is 20.9 Å². The Labute approximate surface area is 243 Å². The van der Waals surface area contributed by atoms with Gasteiger partial charge in [0, 0.05) is 23.8 Å². The monoisotopic (exact) mass is 565 g/mol. The quantitative estimate of drug-likeness (QED) is 0.352. The molecule has 0 bridgehead atoms. The number of pyridine rings is 1. The fourth-order valence-corrected chi connectivity index (χ4v) is 5.15. The lowest BCUT2D eigenvalue weighted by molar-refractivity contribution is -0.191. The number of nitrogens with one attached hydrogen (secondary N) is 1. The summed E-state index contributed by atoms with van der Waals surface area (Å²) < 4.78 is 7.31. The Morgan fingerprint density at radius 3 is 2.55 bits per heavy atom. The fourth-order valence-electron chi connectivity index (χ4n) is 5.15. The number of nitrogens with zero attached hydrogens (tertiary/aromatic N) is 8. The van der Waals surface area contributed by atoms with E-state index in [9.17, 15) is 5.26 Å². The number of nitriles is 1. The molecule has 2 fully saturated rings. The van der Waals surface area contributed by atoms with Crippen molar-refractivity contribution in [2.24, 2.45) is 0 Å². The van der Waals surface area contributed by atoms with Crippen LogP contribution in [-0.4, -0.2) is 80.4 Å². The number of hydrogen-bond acceptors (Lipinski definition) is 11. The van der Waals surface area contributed by atoms with Crippen molar-refractivity contribution >= 4 is 12.1 Å². The van der Waals surface area contributed by atoms with E-state index in [1.807, 2.05) is 36.5 Å². The van der Waals surface area contributed by atoms with Gasteiger partial charge in [-0.15, -0.1) is 5.10 Å². The molecule has 12 nitrogen and oxygen atoms in total. The third-order valence-electron chi connectivity index (χ3n) is 7.37. The normalized spacial score (nSPS) is 17.1. The van der Waals surface area contributed by atoms with Gasteiger partial charge in [0.25, 0.3) is 0 Å². The molecule has 5 heterocycles. The number of hydrogen-bond donors (Lipinski definition) is 1. The molecule has 0 saturated carbocycles. The summed E-state index contributed by atoms with van der Waals surface area (Å²) in [5.74, 6) is 1.00. The number of carbonyl (C=O) groups excluding carboxylic acids is 2. The summed E-state index contributed by atoms with van der Waals surface area (Å²) in [4.78, 5) is 33.1. The minimum atomic E-state index is 0.150. The van der Waals surface area contributed by atoms with Crippen molar-refractivity contribution in [1.29, 1.82) is 5.26 Å². The van der Waals surface area contributed by atoms with Gasteiger partial charge >= 0.3 is 6.15 Å². The van der Waals surface area contributed by atoms with Crippen molar-refractivity contribution in [3.63, 3.8) is 0 Å². The van der Waals surface area contributed by atoms with Crippen molar-refractivity contribution < 1.29 is 14.3 Å². The Kier molecular flexibility index (Phi) is 9.36. The predicted molar refractivity (Wildman–Crippen MR) is 152 cm³/mol. The SMILES string of the molecule is CN1CCC(c2cccc(Cn3cc(-c4cc(-c5cccc(C#N)c5)nc(N[C@@H]5CCOC5)n4)nn3)n2)CC1.O=C=O. The number of rotatable bonds is 7. The van der Waals surface area contributed by atoms with Crippen LogP contribution in [0.3, 0.4) is 0 Å². The average Bonchev–Trinajstić information content (AvgIpc) is 3.71. The Balaban J connectivity index is 0.00000113. The standard InChI is InChI=1S/C29H31N9O.CO2/c1-37-11-8-21(9-12-37)25-7-3-6-23(31-25)17-38-18-28(35-36-38)27-15-26(22-5-2-4-20(14-22)16-30)33-29(34-27)32-24-10-13-39-19-24;2-1-3/h2-7,14-15,18,21,24H,8-13,17,19H2,1H3,(H,32,33,34);/t24-;/m1./s1. The zero-order valence-electron chi connectivity index (χ0n) is 23.3. The molecule has 0 radical (unpaired) electrons. The molecule has 42 heavy (non-hydrogen) atoms. The smallest absolute Gasteiger partial charge is 0.373 e. The summed E-state index contributed by atoms with van der Waals surface area (Å²) in [6.07, 6.45) is 5.31. The van der Waals surface area contributed by atoms with Gasteiger partial charge in [0.15, 0.2) is 0 Å². The second kappa shape index (κ2) is 13.7. The zero-order valence-corrected chi connectivity index (χ0v) is 23.3. The molecule has 6 rings (SSSR count). The first-order valence-electron chi connectivity index (χ1n) is 13.8. The van der Waals surface area contributed by atoms with Crippen LogP contribution < -0.4 is 5.32 Å². The molecule has 0 amide bonds. The minimum absolute atomic E-state index is 0.150. The van der Waals surface area contributed by atoms with Crippen LogP contribution in [0.1, 0.15) is 42.1 Å². The van der Waals surface area contributed by atoms with Gasteiger partial charge in [-0.25, -0.2) is 14.6 Å². The van der Waals surface area contributed by atoms with E-state index in [1.54, 1.807) is 10.7 Å². The van der Waals surface area contributed by atoms with Crippen molar-refractivity contribution in [2.45, 2.75) is 37.8 Å². The molecule has 2 saturated heterocycles. The lowest BCUT2D eigenvalue weighted by atomic mass is 9.93. The summed E-state index contributed by atoms with van der Waals surface area (Å²) in [6, 6.07) is 17.9. The van der Waals surface area contributed by atoms with Crippen LogP contribution in [0.15, 0.2) is 54.7 Å². The minimum Gasteiger partial charge on any atom is -0.379 e. The van der Waals surface area contributed by atoms with E-state index in [4.69, 9.17) is 29.3 Å². The van der Waals surface area contributed by atoms with Gasteiger partial charge in [0.05, 0.1) is 54.1 Å². The van der Waals surface area contributed by atoms with E-state index in [0.717, 1.165) is 55.9 Å². The lowest BCUT2D eigenvalue weighted by Crippen LogP contribution is -2.29. The van der Waals surface area contributed by atoms with Gasteiger partial charge in [-0.3, -0.25) is 4.98 Å². The lowest BCUT2D eigenvalue weighted by Gasteiger charge is -2.28. The average molecular weight is 566 g/mol. The second-order valence-corrected chi connectivity index (χ2v) is 10.4. The molecular weight excluding hydrogens is 534 g/mol. The van der Waals surface area contributed by atoms with E-state index < -0.39 is 0 Å². The molecule has 4 aromatic rings. The number of piperidine rings is 1. The molecule has 1 aromatic carbocycles. The van der Waals surface area contributed by atoms with E-state index in [2.05, 4.69) is 45.8 Å². The maximum absolute atomic E-state index is 9.37. The number of anilines is 1. The third-order valence-corrected chi connectivity index (χ3v) is 7.37. The Morgan fingerprint density at radius 1 is 1.00 bits per heavy atom. The summed E-state index contributed by atoms with van der Waals surface area (Å²) in [5, 5.41) is 21.6. The van der Waals surface area contributed by atoms with E-state index in [1.165, 1.54) is 0 Å². The topological polar surface area (TPSA) is 152 Å². The number of likely N-dealkylation sites (tertiary alicyclic amines) is 1. The van der Waals surface area contributed by atoms with Crippen molar-refractivity contribution in [3.8, 4) is 28.7 Å². The van der Waals surface area contributed by atoms with E-state index >= 15 is 0 Å². The van der Waals surface area contributed by atoms with Crippen molar-refractivity contribution in [3.05, 3.63) is 71.7 Å². The molecule has 1 atom stereocenters. The molecule has 0 spiro atoms. The molecule has 214 valence electrons. The largest absolute Gasteiger partial charge is 0.379 e. The highest BCUT2D eigenvalue weighted by molar-refractivity contribution is 5.68. The van der Waals surface area contributed by atoms with E-state index in [0.29, 0.717) is 47.7 Å². The predicted octanol–water partition coefficient (Wildman–Crippen LogP) is 3.14. The summed E-state index contributed by atoms with van der Waals surface area (Å²) >= 11 is 0. The molecule has 2 aliphatic heterocycles. The highest BCUT2D eigenvalue weighted by atomic mass is 16.5. The Morgan fingerprint density at radius 2 is 1.79 bits per heavy atom. The van der Waals surface area contributed by atoms with Gasteiger partial charge in [-0.1, -0.05) is 23.4 Å². The molecule has 0 unspecified atom stereocenters. The number of ether oxygens (including phenoxy) is 1. The van der Waals surface area contributed by atoms with Crippen LogP contribution in [0.2, 0.25) is 0 Å². The molecule has 0 aliphatic carbocycles. The van der Waals surface area contributed by atoms with Crippen molar-refractivity contribution in [2.75, 3.05) is 38.7 Å². The zero-order chi connectivity index (χ0) is 29.3. The third kappa shape index (κ3) is 7.27. The van der Waals surface area contributed by atoms with Gasteiger partial charge in [0.2, 0.25) is 5.95 Å². The molecule has 12 heteroatoms. The Bertz CT molecular complexity index is 1580. The number of benzene rings is 1. The first kappa shape index (κ1) is 28.7. The molecule has 1 N–H and O–H groups in total. The summed E-state index contributed by atoms with van der Waals surface area (Å²) in [5.41, 5.74) is 5.55. The van der Waals surface area contributed by atoms with Crippen LogP contribution in [0.4, 0.5) is 5.95 Å². The molecule has 3 aromatic heterocycles. The summed E-state index contributed by atoms with van der Waals surface area (Å²) in [7, 11) is 2.18. The van der Waals surface area contributed by atoms with Crippen LogP contribution >= 0.6 is 0 Å². The van der Waals surface area contributed by atoms with E-state index in [-0.39, 0.29) is 12.2 Å². The Hall–Kier alpha value is -4.82. The summed E-state index contributed by atoms with van der Waals surface area (Å²) in [6.45, 7) is 4.08. The van der Waals surface area contributed by atoms with Crippen LogP contribution in [0.25, 0.3) is 22.6 Å². The maximum atomic E-state index is 9.37.